The van der Waals surface area contributed by atoms with Crippen molar-refractivity contribution in [3.8, 4) is 0 Å². The second kappa shape index (κ2) is 6.43. The van der Waals surface area contributed by atoms with Crippen molar-refractivity contribution in [2.24, 2.45) is 0 Å². The minimum absolute atomic E-state index is 0.124. The van der Waals surface area contributed by atoms with Crippen LogP contribution in [0.15, 0.2) is 21.2 Å². The summed E-state index contributed by atoms with van der Waals surface area (Å²) in [6.07, 6.45) is 1.96. The fourth-order valence-electron chi connectivity index (χ4n) is 2.26. The lowest BCUT2D eigenvalue weighted by Gasteiger charge is -2.39. The van der Waals surface area contributed by atoms with Gasteiger partial charge in [0.05, 0.1) is 24.4 Å². The van der Waals surface area contributed by atoms with Gasteiger partial charge in [0.15, 0.2) is 0 Å². The summed E-state index contributed by atoms with van der Waals surface area (Å²) < 4.78 is 7.85. The smallest absolute Gasteiger partial charge is 0.0912 e. The van der Waals surface area contributed by atoms with Gasteiger partial charge in [-0.15, -0.1) is 0 Å². The van der Waals surface area contributed by atoms with E-state index in [1.807, 2.05) is 19.3 Å². The van der Waals surface area contributed by atoms with E-state index in [2.05, 4.69) is 54.1 Å². The summed E-state index contributed by atoms with van der Waals surface area (Å²) in [5.41, 5.74) is 1.03. The van der Waals surface area contributed by atoms with Gasteiger partial charge in [-0.2, -0.15) is 0 Å². The number of nitrogens with zero attached hydrogens (tertiary/aromatic N) is 2. The molecular weight excluding hydrogens is 362 g/mol. The molecule has 0 radical (unpaired) electrons. The molecule has 0 aliphatic carbocycles. The van der Waals surface area contributed by atoms with E-state index in [4.69, 9.17) is 4.74 Å². The van der Waals surface area contributed by atoms with Gasteiger partial charge in [-0.1, -0.05) is 0 Å². The van der Waals surface area contributed by atoms with E-state index in [-0.39, 0.29) is 12.1 Å². The third kappa shape index (κ3) is 3.11. The summed E-state index contributed by atoms with van der Waals surface area (Å²) in [4.78, 5) is 6.84. The van der Waals surface area contributed by atoms with E-state index in [9.17, 15) is 0 Å². The number of nitrogens with one attached hydrogen (secondary N) is 1. The van der Waals surface area contributed by atoms with Gasteiger partial charge in [-0.05, 0) is 52.0 Å². The summed E-state index contributed by atoms with van der Waals surface area (Å²) in [7, 11) is 4.06. The van der Waals surface area contributed by atoms with Crippen LogP contribution in [0.5, 0.6) is 0 Å². The van der Waals surface area contributed by atoms with E-state index in [0.717, 1.165) is 34.3 Å². The number of halogens is 2. The molecule has 2 heterocycles. The molecule has 1 aromatic heterocycles. The van der Waals surface area contributed by atoms with Gasteiger partial charge in [0.2, 0.25) is 0 Å². The van der Waals surface area contributed by atoms with Gasteiger partial charge in [0, 0.05) is 28.2 Å². The van der Waals surface area contributed by atoms with Crippen molar-refractivity contribution in [1.82, 2.24) is 15.2 Å². The van der Waals surface area contributed by atoms with Crippen LogP contribution in [0.25, 0.3) is 0 Å². The third-order valence-electron chi connectivity index (χ3n) is 3.12. The Morgan fingerprint density at radius 2 is 2.33 bits per heavy atom. The van der Waals surface area contributed by atoms with Crippen molar-refractivity contribution < 1.29 is 4.74 Å². The number of pyridine rings is 1. The Morgan fingerprint density at radius 1 is 1.56 bits per heavy atom. The highest BCUT2D eigenvalue weighted by Crippen LogP contribution is 2.32. The lowest BCUT2D eigenvalue weighted by Crippen LogP contribution is -2.47. The number of hydrogen-bond acceptors (Lipinski definition) is 4. The SMILES string of the molecule is CNCC1OCCN(C)C1c1ncc(Br)cc1Br. The maximum atomic E-state index is 5.86. The lowest BCUT2D eigenvalue weighted by atomic mass is 10.0. The Kier molecular flexibility index (Phi) is 5.14. The highest BCUT2D eigenvalue weighted by Gasteiger charge is 2.33. The van der Waals surface area contributed by atoms with Crippen LogP contribution in [0, 0.1) is 0 Å². The molecule has 0 amide bonds. The first-order valence-corrected chi connectivity index (χ1v) is 7.49. The Labute approximate surface area is 124 Å². The van der Waals surface area contributed by atoms with Gasteiger partial charge in [0.25, 0.3) is 0 Å². The highest BCUT2D eigenvalue weighted by atomic mass is 79.9. The summed E-state index contributed by atoms with van der Waals surface area (Å²) >= 11 is 7.03. The van der Waals surface area contributed by atoms with E-state index in [1.54, 1.807) is 0 Å². The number of hydrogen-bond donors (Lipinski definition) is 1. The molecule has 18 heavy (non-hydrogen) atoms. The van der Waals surface area contributed by atoms with Gasteiger partial charge in [-0.25, -0.2) is 0 Å². The largest absolute Gasteiger partial charge is 0.374 e. The minimum atomic E-state index is 0.124. The van der Waals surface area contributed by atoms with Crippen molar-refractivity contribution in [2.75, 3.05) is 33.8 Å². The number of aromatic nitrogens is 1. The van der Waals surface area contributed by atoms with Crippen LogP contribution in [0.1, 0.15) is 11.7 Å². The van der Waals surface area contributed by atoms with E-state index in [1.165, 1.54) is 0 Å². The van der Waals surface area contributed by atoms with Crippen LogP contribution in [0.3, 0.4) is 0 Å². The zero-order valence-corrected chi connectivity index (χ0v) is 13.7. The van der Waals surface area contributed by atoms with Gasteiger partial charge in [0.1, 0.15) is 0 Å². The van der Waals surface area contributed by atoms with Crippen LogP contribution in [0.2, 0.25) is 0 Å². The quantitative estimate of drug-likeness (QED) is 0.874. The van der Waals surface area contributed by atoms with Crippen molar-refractivity contribution in [3.05, 3.63) is 26.9 Å². The second-order valence-electron chi connectivity index (χ2n) is 4.41. The molecule has 1 aliphatic heterocycles. The first-order valence-electron chi connectivity index (χ1n) is 5.91. The third-order valence-corrected chi connectivity index (χ3v) is 4.19. The molecule has 100 valence electrons. The predicted octanol–water partition coefficient (Wildman–Crippen LogP) is 2.20. The molecule has 4 nitrogen and oxygen atoms in total. The Bertz CT molecular complexity index is 414. The average Bonchev–Trinajstić information content (AvgIpc) is 2.31. The van der Waals surface area contributed by atoms with E-state index >= 15 is 0 Å². The molecule has 0 aromatic carbocycles. The number of ether oxygens (including phenoxy) is 1. The monoisotopic (exact) mass is 377 g/mol. The summed E-state index contributed by atoms with van der Waals surface area (Å²) in [6, 6.07) is 2.20. The van der Waals surface area contributed by atoms with Crippen molar-refractivity contribution in [1.29, 1.82) is 0 Å². The average molecular weight is 379 g/mol. The standard InChI is InChI=1S/C12H17Br2N3O/c1-15-7-10-12(17(2)3-4-18-10)11-9(14)5-8(13)6-16-11/h5-6,10,12,15H,3-4,7H2,1-2H3. The Balaban J connectivity index is 2.31. The lowest BCUT2D eigenvalue weighted by molar-refractivity contribution is -0.0622. The van der Waals surface area contributed by atoms with Gasteiger partial charge in [-0.3, -0.25) is 9.88 Å². The summed E-state index contributed by atoms with van der Waals surface area (Å²) in [5.74, 6) is 0. The van der Waals surface area contributed by atoms with Crippen molar-refractivity contribution >= 4 is 31.9 Å². The maximum Gasteiger partial charge on any atom is 0.0912 e. The molecule has 1 saturated heterocycles. The normalized spacial score (nSPS) is 25.3. The molecule has 0 bridgehead atoms. The molecule has 0 spiro atoms. The first kappa shape index (κ1) is 14.4. The molecule has 1 fully saturated rings. The van der Waals surface area contributed by atoms with Crippen LogP contribution >= 0.6 is 31.9 Å². The summed E-state index contributed by atoms with van der Waals surface area (Å²) in [5, 5.41) is 3.18. The summed E-state index contributed by atoms with van der Waals surface area (Å²) in [6.45, 7) is 2.52. The van der Waals surface area contributed by atoms with E-state index < -0.39 is 0 Å². The topological polar surface area (TPSA) is 37.4 Å². The van der Waals surface area contributed by atoms with Crippen molar-refractivity contribution in [2.45, 2.75) is 12.1 Å². The Morgan fingerprint density at radius 3 is 3.00 bits per heavy atom. The molecule has 1 N–H and O–H groups in total. The number of morpholine rings is 1. The minimum Gasteiger partial charge on any atom is -0.374 e. The highest BCUT2D eigenvalue weighted by molar-refractivity contribution is 9.11. The fourth-order valence-corrected chi connectivity index (χ4v) is 3.48. The van der Waals surface area contributed by atoms with Crippen molar-refractivity contribution in [3.63, 3.8) is 0 Å². The van der Waals surface area contributed by atoms with Gasteiger partial charge < -0.3 is 10.1 Å². The number of likely N-dealkylation sites (N-methyl/N-ethyl adjacent to an activating group) is 2. The maximum absolute atomic E-state index is 5.86. The number of rotatable bonds is 3. The zero-order chi connectivity index (χ0) is 13.1. The molecule has 1 aliphatic rings. The van der Waals surface area contributed by atoms with E-state index in [0.29, 0.717) is 0 Å². The van der Waals surface area contributed by atoms with Crippen LogP contribution in [-0.4, -0.2) is 49.8 Å². The fraction of sp³-hybridized carbons (Fsp3) is 0.583. The molecular formula is C12H17Br2N3O. The zero-order valence-electron chi connectivity index (χ0n) is 10.5. The van der Waals surface area contributed by atoms with Crippen LogP contribution in [-0.2, 0) is 4.74 Å². The second-order valence-corrected chi connectivity index (χ2v) is 6.18. The molecule has 0 saturated carbocycles. The van der Waals surface area contributed by atoms with Gasteiger partial charge >= 0.3 is 0 Å². The Hall–Kier alpha value is -0.0100. The molecule has 6 heteroatoms. The predicted molar refractivity (Wildman–Crippen MR) is 78.7 cm³/mol. The van der Waals surface area contributed by atoms with Crippen LogP contribution in [0.4, 0.5) is 0 Å². The molecule has 2 rings (SSSR count). The molecule has 2 unspecified atom stereocenters. The molecule has 2 atom stereocenters. The van der Waals surface area contributed by atoms with Crippen LogP contribution < -0.4 is 5.32 Å². The molecule has 1 aromatic rings. The first-order chi connectivity index (χ1) is 8.63.